The lowest BCUT2D eigenvalue weighted by Crippen LogP contribution is -2.58. The molecule has 2 amide bonds. The van der Waals surface area contributed by atoms with E-state index in [0.717, 1.165) is 12.3 Å². The molecule has 1 atom stereocenters. The van der Waals surface area contributed by atoms with E-state index in [1.807, 2.05) is 12.1 Å². The molecule has 5 rings (SSSR count). The molecule has 4 heterocycles. The highest BCUT2D eigenvalue weighted by Crippen LogP contribution is 2.33. The number of rotatable bonds is 4. The first kappa shape index (κ1) is 23.9. The maximum absolute atomic E-state index is 14.5. The van der Waals surface area contributed by atoms with Gasteiger partial charge in [0, 0.05) is 31.3 Å². The number of aryl methyl sites for hydroxylation is 1. The largest absolute Gasteiger partial charge is 0.483 e. The Morgan fingerprint density at radius 3 is 2.65 bits per heavy atom. The first-order chi connectivity index (χ1) is 17.8. The molecule has 10 nitrogen and oxygen atoms in total. The van der Waals surface area contributed by atoms with E-state index in [4.69, 9.17) is 10.00 Å². The van der Waals surface area contributed by atoms with Gasteiger partial charge in [0.25, 0.3) is 0 Å². The van der Waals surface area contributed by atoms with Gasteiger partial charge in [0.15, 0.2) is 17.3 Å². The van der Waals surface area contributed by atoms with Crippen LogP contribution in [0, 0.1) is 41.2 Å². The maximum Gasteiger partial charge on any atom is 0.341 e. The molecule has 0 aliphatic carbocycles. The van der Waals surface area contributed by atoms with Crippen LogP contribution in [-0.4, -0.2) is 56.1 Å². The number of nitrogens with zero attached hydrogens (tertiary/aromatic N) is 8. The van der Waals surface area contributed by atoms with Crippen LogP contribution in [-0.2, 0) is 7.05 Å². The van der Waals surface area contributed by atoms with E-state index in [-0.39, 0.29) is 30.1 Å². The molecule has 0 saturated carbocycles. The number of hydrogen-bond donors (Lipinski definition) is 0. The normalized spacial score (nSPS) is 16.9. The van der Waals surface area contributed by atoms with Crippen molar-refractivity contribution in [1.29, 1.82) is 10.5 Å². The van der Waals surface area contributed by atoms with Crippen molar-refractivity contribution < 1.29 is 18.3 Å². The van der Waals surface area contributed by atoms with E-state index >= 15 is 0 Å². The third-order valence-electron chi connectivity index (χ3n) is 6.32. The van der Waals surface area contributed by atoms with Crippen LogP contribution in [0.2, 0.25) is 0 Å². The Morgan fingerprint density at radius 2 is 1.95 bits per heavy atom. The summed E-state index contributed by atoms with van der Waals surface area (Å²) in [5.74, 6) is -1.24. The quantitative estimate of drug-likeness (QED) is 0.539. The Bertz CT molecular complexity index is 1510. The minimum absolute atomic E-state index is 0.0259. The number of ether oxygens (including phenoxy) is 1. The summed E-state index contributed by atoms with van der Waals surface area (Å²) in [6, 6.07) is 8.40. The van der Waals surface area contributed by atoms with Gasteiger partial charge in [-0.2, -0.15) is 20.7 Å². The van der Waals surface area contributed by atoms with Crippen LogP contribution in [0.15, 0.2) is 35.6 Å². The van der Waals surface area contributed by atoms with Gasteiger partial charge < -0.3 is 9.64 Å². The van der Waals surface area contributed by atoms with Crippen LogP contribution in [0.25, 0.3) is 11.4 Å². The number of likely N-dealkylation sites (tertiary alicyclic amines) is 1. The summed E-state index contributed by atoms with van der Waals surface area (Å²) in [5.41, 5.74) is 2.49. The molecular formula is C25H20F2N8O2. The minimum Gasteiger partial charge on any atom is -0.483 e. The van der Waals surface area contributed by atoms with Crippen LogP contribution < -0.4 is 4.74 Å². The summed E-state index contributed by atoms with van der Waals surface area (Å²) >= 11 is 0. The number of benzene rings is 1. The molecule has 1 fully saturated rings. The molecule has 3 aromatic rings. The van der Waals surface area contributed by atoms with Gasteiger partial charge in [-0.05, 0) is 30.7 Å². The number of carbonyl (C=O) groups is 1. The fraction of sp³-hybridized carbons (Fsp3) is 0.280. The summed E-state index contributed by atoms with van der Waals surface area (Å²) in [5, 5.41) is 27.9. The molecule has 1 aromatic carbocycles. The number of urea groups is 1. The second-order valence-corrected chi connectivity index (χ2v) is 8.76. The number of aromatic nitrogens is 3. The zero-order valence-electron chi connectivity index (χ0n) is 19.9. The fourth-order valence-electron chi connectivity index (χ4n) is 4.47. The average Bonchev–Trinajstić information content (AvgIpc) is 3.45. The molecule has 2 aliphatic rings. The Morgan fingerprint density at radius 1 is 1.16 bits per heavy atom. The lowest BCUT2D eigenvalue weighted by molar-refractivity contribution is 0.0257. The molecule has 2 aliphatic heterocycles. The first-order valence-corrected chi connectivity index (χ1v) is 11.4. The Balaban J connectivity index is 1.27. The Hall–Kier alpha value is -4.84. The number of amides is 2. The smallest absolute Gasteiger partial charge is 0.341 e. The van der Waals surface area contributed by atoms with Crippen molar-refractivity contribution in [1.82, 2.24) is 24.7 Å². The minimum atomic E-state index is -0.655. The number of hydrogen-bond acceptors (Lipinski definition) is 7. The standard InChI is InChI=1S/C25H20F2N8O2/c1-14-21(10-29)32-33(2)24(14)20-8-23(19(27)11-30-20)37-18-12-34(13-18)25(36)35-22(3-4-31-35)16-5-15(9-28)6-17(26)7-16/h4-8,11,18,22H,3,12-13H2,1-2H3. The maximum atomic E-state index is 14.5. The average molecular weight is 502 g/mol. The Kier molecular flexibility index (Phi) is 6.01. The van der Waals surface area contributed by atoms with Gasteiger partial charge in [0.1, 0.15) is 18.0 Å². The van der Waals surface area contributed by atoms with Gasteiger partial charge in [-0.3, -0.25) is 9.67 Å². The van der Waals surface area contributed by atoms with Crippen LogP contribution in [0.4, 0.5) is 13.6 Å². The summed E-state index contributed by atoms with van der Waals surface area (Å²) < 4.78 is 35.8. The molecule has 1 unspecified atom stereocenters. The third kappa shape index (κ3) is 4.34. The third-order valence-corrected chi connectivity index (χ3v) is 6.32. The number of nitriles is 2. The van der Waals surface area contributed by atoms with Crippen LogP contribution >= 0.6 is 0 Å². The van der Waals surface area contributed by atoms with Crippen LogP contribution in [0.3, 0.4) is 0 Å². The zero-order valence-corrected chi connectivity index (χ0v) is 19.9. The van der Waals surface area contributed by atoms with Gasteiger partial charge in [0.2, 0.25) is 0 Å². The van der Waals surface area contributed by atoms with E-state index in [1.54, 1.807) is 20.2 Å². The van der Waals surface area contributed by atoms with E-state index < -0.39 is 29.8 Å². The predicted octanol–water partition coefficient (Wildman–Crippen LogP) is 3.43. The molecular weight excluding hydrogens is 482 g/mol. The number of hydrazone groups is 1. The van der Waals surface area contributed by atoms with Gasteiger partial charge >= 0.3 is 6.03 Å². The van der Waals surface area contributed by atoms with Crippen LogP contribution in [0.5, 0.6) is 5.75 Å². The molecule has 12 heteroatoms. The van der Waals surface area contributed by atoms with Crippen molar-refractivity contribution >= 4 is 12.2 Å². The van der Waals surface area contributed by atoms with E-state index in [0.29, 0.717) is 28.9 Å². The number of halogens is 2. The van der Waals surface area contributed by atoms with Crippen molar-refractivity contribution in [3.8, 4) is 29.3 Å². The fourth-order valence-corrected chi connectivity index (χ4v) is 4.47. The summed E-state index contributed by atoms with van der Waals surface area (Å²) in [4.78, 5) is 18.7. The number of pyridine rings is 1. The van der Waals surface area contributed by atoms with Crippen molar-refractivity contribution in [2.45, 2.75) is 25.5 Å². The van der Waals surface area contributed by atoms with Crippen LogP contribution in [0.1, 0.15) is 34.8 Å². The molecule has 0 bridgehead atoms. The zero-order chi connectivity index (χ0) is 26.3. The lowest BCUT2D eigenvalue weighted by Gasteiger charge is -2.41. The predicted molar refractivity (Wildman–Crippen MR) is 126 cm³/mol. The van der Waals surface area contributed by atoms with Crippen molar-refractivity contribution in [2.24, 2.45) is 12.1 Å². The molecule has 37 heavy (non-hydrogen) atoms. The topological polar surface area (TPSA) is 123 Å². The number of carbonyl (C=O) groups excluding carboxylic acids is 1. The Labute approximate surface area is 210 Å². The SMILES string of the molecule is Cc1c(C#N)nn(C)c1-c1cc(OC2CN(C(=O)N3N=CCC3c3cc(F)cc(C#N)c3)C2)c(F)cn1. The molecule has 186 valence electrons. The second kappa shape index (κ2) is 9.32. The highest BCUT2D eigenvalue weighted by molar-refractivity contribution is 5.79. The van der Waals surface area contributed by atoms with Gasteiger partial charge in [-0.1, -0.05) is 0 Å². The van der Waals surface area contributed by atoms with Crippen molar-refractivity contribution in [3.05, 3.63) is 64.5 Å². The lowest BCUT2D eigenvalue weighted by atomic mass is 10.0. The van der Waals surface area contributed by atoms with Gasteiger partial charge in [0.05, 0.1) is 48.3 Å². The summed E-state index contributed by atoms with van der Waals surface area (Å²) in [7, 11) is 1.67. The summed E-state index contributed by atoms with van der Waals surface area (Å²) in [6.45, 7) is 2.14. The van der Waals surface area contributed by atoms with E-state index in [2.05, 4.69) is 15.2 Å². The molecule has 0 N–H and O–H groups in total. The molecule has 0 radical (unpaired) electrons. The highest BCUT2D eigenvalue weighted by atomic mass is 19.1. The van der Waals surface area contributed by atoms with Crippen molar-refractivity contribution in [2.75, 3.05) is 13.1 Å². The molecule has 2 aromatic heterocycles. The first-order valence-electron chi connectivity index (χ1n) is 11.4. The molecule has 0 spiro atoms. The highest BCUT2D eigenvalue weighted by Gasteiger charge is 2.39. The summed E-state index contributed by atoms with van der Waals surface area (Å²) in [6.07, 6.45) is 2.54. The van der Waals surface area contributed by atoms with E-state index in [1.165, 1.54) is 32.8 Å². The molecule has 1 saturated heterocycles. The second-order valence-electron chi connectivity index (χ2n) is 8.76. The van der Waals surface area contributed by atoms with Gasteiger partial charge in [-0.25, -0.2) is 18.6 Å². The van der Waals surface area contributed by atoms with E-state index in [9.17, 15) is 18.8 Å². The monoisotopic (exact) mass is 502 g/mol. The van der Waals surface area contributed by atoms with Gasteiger partial charge in [-0.15, -0.1) is 0 Å². The van der Waals surface area contributed by atoms with Crippen molar-refractivity contribution in [3.63, 3.8) is 0 Å².